The van der Waals surface area contributed by atoms with Crippen LogP contribution in [0.3, 0.4) is 0 Å². The van der Waals surface area contributed by atoms with Crippen LogP contribution in [0.5, 0.6) is 0 Å². The molecule has 5 nitrogen and oxygen atoms in total. The Hall–Kier alpha value is -1.46. The van der Waals surface area contributed by atoms with Gasteiger partial charge >= 0.3 is 12.0 Å². The number of carbonyl (C=O) groups is 2. The lowest BCUT2D eigenvalue weighted by molar-refractivity contribution is -0.141. The molecule has 0 unspecified atom stereocenters. The average molecular weight is 291 g/mol. The lowest BCUT2D eigenvalue weighted by atomic mass is 10.3. The number of anilines is 1. The molecule has 0 saturated heterocycles. The molecule has 0 aliphatic rings. The zero-order chi connectivity index (χ0) is 13.5. The van der Waals surface area contributed by atoms with E-state index in [2.05, 4.69) is 15.4 Å². The first-order valence-electron chi connectivity index (χ1n) is 5.19. The van der Waals surface area contributed by atoms with Gasteiger partial charge in [0.25, 0.3) is 0 Å². The molecule has 98 valence electrons. The number of hydrogen-bond acceptors (Lipinski definition) is 3. The first kappa shape index (κ1) is 14.6. The van der Waals surface area contributed by atoms with Crippen LogP contribution in [0, 0.1) is 0 Å². The van der Waals surface area contributed by atoms with Gasteiger partial charge < -0.3 is 15.4 Å². The zero-order valence-corrected chi connectivity index (χ0v) is 11.1. The fourth-order valence-corrected chi connectivity index (χ4v) is 1.63. The fraction of sp³-hybridized carbons (Fsp3) is 0.273. The third-order valence-electron chi connectivity index (χ3n) is 1.90. The number of rotatable bonds is 4. The molecule has 1 aromatic rings. The lowest BCUT2D eigenvalue weighted by Crippen LogP contribution is -2.34. The number of carbonyl (C=O) groups excluding carboxylic acids is 2. The van der Waals surface area contributed by atoms with Gasteiger partial charge in [0.05, 0.1) is 22.3 Å². The molecule has 0 aromatic heterocycles. The van der Waals surface area contributed by atoms with E-state index in [1.54, 1.807) is 25.1 Å². The highest BCUT2D eigenvalue weighted by Crippen LogP contribution is 2.29. The fourth-order valence-electron chi connectivity index (χ4n) is 1.14. The average Bonchev–Trinajstić information content (AvgIpc) is 2.32. The summed E-state index contributed by atoms with van der Waals surface area (Å²) < 4.78 is 4.66. The topological polar surface area (TPSA) is 67.4 Å². The van der Waals surface area contributed by atoms with Gasteiger partial charge in [0.2, 0.25) is 0 Å². The minimum atomic E-state index is -0.585. The molecule has 0 spiro atoms. The second-order valence-electron chi connectivity index (χ2n) is 3.21. The molecule has 7 heteroatoms. The molecule has 1 rings (SSSR count). The number of para-hydroxylation sites is 1. The quantitative estimate of drug-likeness (QED) is 0.838. The third kappa shape index (κ3) is 4.43. The van der Waals surface area contributed by atoms with Crippen molar-refractivity contribution < 1.29 is 14.3 Å². The Morgan fingerprint density at radius 2 is 1.89 bits per heavy atom. The van der Waals surface area contributed by atoms with Gasteiger partial charge in [-0.05, 0) is 19.1 Å². The number of urea groups is 1. The summed E-state index contributed by atoms with van der Waals surface area (Å²) in [4.78, 5) is 22.5. The SMILES string of the molecule is CCOC(=O)CNC(=O)Nc1c(Cl)cccc1Cl. The van der Waals surface area contributed by atoms with Crippen LogP contribution in [-0.2, 0) is 9.53 Å². The molecule has 2 N–H and O–H groups in total. The van der Waals surface area contributed by atoms with Crippen molar-refractivity contribution in [3.8, 4) is 0 Å². The van der Waals surface area contributed by atoms with Crippen molar-refractivity contribution in [2.24, 2.45) is 0 Å². The maximum Gasteiger partial charge on any atom is 0.325 e. The third-order valence-corrected chi connectivity index (χ3v) is 2.53. The summed E-state index contributed by atoms with van der Waals surface area (Å²) >= 11 is 11.7. The van der Waals surface area contributed by atoms with Crippen molar-refractivity contribution in [3.05, 3.63) is 28.2 Å². The van der Waals surface area contributed by atoms with Gasteiger partial charge in [-0.1, -0.05) is 29.3 Å². The van der Waals surface area contributed by atoms with Crippen LogP contribution in [0.25, 0.3) is 0 Å². The smallest absolute Gasteiger partial charge is 0.325 e. The van der Waals surface area contributed by atoms with Crippen LogP contribution in [-0.4, -0.2) is 25.2 Å². The van der Waals surface area contributed by atoms with Crippen molar-refractivity contribution in [1.82, 2.24) is 5.32 Å². The number of ether oxygens (including phenoxy) is 1. The summed E-state index contributed by atoms with van der Waals surface area (Å²) in [6.45, 7) is 1.72. The van der Waals surface area contributed by atoms with Crippen LogP contribution in [0.2, 0.25) is 10.0 Å². The predicted molar refractivity (Wildman–Crippen MR) is 70.1 cm³/mol. The van der Waals surface area contributed by atoms with Gasteiger partial charge in [-0.3, -0.25) is 4.79 Å². The Morgan fingerprint density at radius 3 is 2.44 bits per heavy atom. The Kier molecular flexibility index (Phi) is 5.74. The number of benzene rings is 1. The van der Waals surface area contributed by atoms with E-state index in [-0.39, 0.29) is 13.2 Å². The summed E-state index contributed by atoms with van der Waals surface area (Å²) in [6, 6.07) is 4.26. The molecule has 0 saturated carbocycles. The molecule has 1 aromatic carbocycles. The van der Waals surface area contributed by atoms with E-state index < -0.39 is 12.0 Å². The number of nitrogens with one attached hydrogen (secondary N) is 2. The van der Waals surface area contributed by atoms with Crippen molar-refractivity contribution in [1.29, 1.82) is 0 Å². The molecular weight excluding hydrogens is 279 g/mol. The summed E-state index contributed by atoms with van der Waals surface area (Å²) in [7, 11) is 0. The Morgan fingerprint density at radius 1 is 1.28 bits per heavy atom. The lowest BCUT2D eigenvalue weighted by Gasteiger charge is -2.10. The minimum Gasteiger partial charge on any atom is -0.465 e. The predicted octanol–water partition coefficient (Wildman–Crippen LogP) is 2.68. The number of halogens is 2. The van der Waals surface area contributed by atoms with Crippen molar-refractivity contribution in [3.63, 3.8) is 0 Å². The van der Waals surface area contributed by atoms with E-state index in [9.17, 15) is 9.59 Å². The monoisotopic (exact) mass is 290 g/mol. The Bertz CT molecular complexity index is 432. The van der Waals surface area contributed by atoms with E-state index in [1.165, 1.54) is 0 Å². The highest BCUT2D eigenvalue weighted by atomic mass is 35.5. The van der Waals surface area contributed by atoms with Gasteiger partial charge in [0, 0.05) is 0 Å². The molecule has 0 bridgehead atoms. The van der Waals surface area contributed by atoms with Crippen LogP contribution in [0.15, 0.2) is 18.2 Å². The molecule has 18 heavy (non-hydrogen) atoms. The highest BCUT2D eigenvalue weighted by molar-refractivity contribution is 6.39. The molecule has 2 amide bonds. The van der Waals surface area contributed by atoms with Gasteiger partial charge in [-0.25, -0.2) is 4.79 Å². The first-order chi connectivity index (χ1) is 8.54. The standard InChI is InChI=1S/C11H12Cl2N2O3/c1-2-18-9(16)6-14-11(17)15-10-7(12)4-3-5-8(10)13/h3-5H,2,6H2,1H3,(H2,14,15,17). The highest BCUT2D eigenvalue weighted by Gasteiger charge is 2.10. The Labute approximate surface area is 114 Å². The van der Waals surface area contributed by atoms with E-state index in [4.69, 9.17) is 23.2 Å². The van der Waals surface area contributed by atoms with Crippen LogP contribution < -0.4 is 10.6 Å². The molecule has 0 radical (unpaired) electrons. The van der Waals surface area contributed by atoms with Crippen molar-refractivity contribution in [2.75, 3.05) is 18.5 Å². The van der Waals surface area contributed by atoms with E-state index in [1.807, 2.05) is 0 Å². The normalized spacial score (nSPS) is 9.72. The molecular formula is C11H12Cl2N2O3. The summed E-state index contributed by atoms with van der Waals surface area (Å²) in [6.07, 6.45) is 0. The first-order valence-corrected chi connectivity index (χ1v) is 5.94. The largest absolute Gasteiger partial charge is 0.465 e. The number of amides is 2. The molecule has 0 fully saturated rings. The maximum atomic E-state index is 11.5. The van der Waals surface area contributed by atoms with Gasteiger partial charge in [-0.15, -0.1) is 0 Å². The van der Waals surface area contributed by atoms with Gasteiger partial charge in [0.1, 0.15) is 6.54 Å². The van der Waals surface area contributed by atoms with Crippen molar-refractivity contribution >= 4 is 40.9 Å². The van der Waals surface area contributed by atoms with Crippen LogP contribution >= 0.6 is 23.2 Å². The van der Waals surface area contributed by atoms with E-state index in [0.717, 1.165) is 0 Å². The molecule has 0 aliphatic carbocycles. The Balaban J connectivity index is 2.52. The summed E-state index contributed by atoms with van der Waals surface area (Å²) in [5.74, 6) is -0.516. The maximum absolute atomic E-state index is 11.5. The van der Waals surface area contributed by atoms with E-state index in [0.29, 0.717) is 15.7 Å². The van der Waals surface area contributed by atoms with Gasteiger partial charge in [-0.2, -0.15) is 0 Å². The molecule has 0 aliphatic heterocycles. The summed E-state index contributed by atoms with van der Waals surface area (Å²) in [5, 5.41) is 5.41. The van der Waals surface area contributed by atoms with Crippen molar-refractivity contribution in [2.45, 2.75) is 6.92 Å². The van der Waals surface area contributed by atoms with Crippen LogP contribution in [0.4, 0.5) is 10.5 Å². The zero-order valence-electron chi connectivity index (χ0n) is 9.63. The number of esters is 1. The van der Waals surface area contributed by atoms with E-state index >= 15 is 0 Å². The molecule has 0 atom stereocenters. The second-order valence-corrected chi connectivity index (χ2v) is 4.02. The summed E-state index contributed by atoms with van der Waals surface area (Å²) in [5.41, 5.74) is 0.294. The van der Waals surface area contributed by atoms with Crippen LogP contribution in [0.1, 0.15) is 6.92 Å². The number of hydrogen-bond donors (Lipinski definition) is 2. The van der Waals surface area contributed by atoms with Gasteiger partial charge in [0.15, 0.2) is 0 Å². The second kappa shape index (κ2) is 7.08. The minimum absolute atomic E-state index is 0.220. The molecule has 0 heterocycles.